The number of nitrogens with zero attached hydrogens (tertiary/aromatic N) is 1. The van der Waals surface area contributed by atoms with Gasteiger partial charge in [0.15, 0.2) is 0 Å². The zero-order valence-electron chi connectivity index (χ0n) is 12.4. The van der Waals surface area contributed by atoms with Gasteiger partial charge in [-0.15, -0.1) is 0 Å². The molecule has 2 atom stereocenters. The summed E-state index contributed by atoms with van der Waals surface area (Å²) in [5, 5.41) is 3.41. The third-order valence-electron chi connectivity index (χ3n) is 3.89. The summed E-state index contributed by atoms with van der Waals surface area (Å²) in [6.45, 7) is 6.11. The number of nitrogen functional groups attached to an aromatic ring is 1. The van der Waals surface area contributed by atoms with Crippen molar-refractivity contribution in [3.05, 3.63) is 23.2 Å². The molecule has 3 N–H and O–H groups in total. The van der Waals surface area contributed by atoms with Gasteiger partial charge in [0.25, 0.3) is 0 Å². The van der Waals surface area contributed by atoms with Crippen molar-refractivity contribution in [2.24, 2.45) is 0 Å². The lowest BCUT2D eigenvalue weighted by atomic mass is 10.1. The number of hydrogen-bond acceptors (Lipinski definition) is 4. The Labute approximate surface area is 130 Å². The summed E-state index contributed by atoms with van der Waals surface area (Å²) in [6, 6.07) is 5.09. The highest BCUT2D eigenvalue weighted by atomic mass is 35.5. The maximum Gasteiger partial charge on any atom is 0.241 e. The van der Waals surface area contributed by atoms with Gasteiger partial charge in [-0.1, -0.05) is 18.5 Å². The number of benzene rings is 1. The van der Waals surface area contributed by atoms with Gasteiger partial charge in [-0.3, -0.25) is 9.69 Å². The molecular weight excluding hydrogens is 290 g/mol. The normalized spacial score (nSPS) is 21.0. The largest absolute Gasteiger partial charge is 0.397 e. The zero-order valence-corrected chi connectivity index (χ0v) is 13.2. The van der Waals surface area contributed by atoms with E-state index >= 15 is 0 Å². The van der Waals surface area contributed by atoms with Crippen LogP contribution in [-0.4, -0.2) is 42.6 Å². The number of carbonyl (C=O) groups is 1. The number of anilines is 2. The maximum absolute atomic E-state index is 12.4. The third-order valence-corrected chi connectivity index (χ3v) is 4.13. The van der Waals surface area contributed by atoms with Gasteiger partial charge in [-0.2, -0.15) is 0 Å². The quantitative estimate of drug-likeness (QED) is 0.838. The fraction of sp³-hybridized carbons (Fsp3) is 0.533. The lowest BCUT2D eigenvalue weighted by Gasteiger charge is -2.38. The SMILES string of the molecule is CCC1COCCN1C(C)C(=O)Nc1cc(Cl)ccc1N. The first kappa shape index (κ1) is 16.1. The summed E-state index contributed by atoms with van der Waals surface area (Å²) in [4.78, 5) is 14.6. The van der Waals surface area contributed by atoms with Gasteiger partial charge in [0.05, 0.1) is 30.6 Å². The van der Waals surface area contributed by atoms with Crippen molar-refractivity contribution < 1.29 is 9.53 Å². The summed E-state index contributed by atoms with van der Waals surface area (Å²) < 4.78 is 5.48. The van der Waals surface area contributed by atoms with Crippen LogP contribution < -0.4 is 11.1 Å². The van der Waals surface area contributed by atoms with Crippen LogP contribution in [0.5, 0.6) is 0 Å². The van der Waals surface area contributed by atoms with Crippen molar-refractivity contribution in [1.29, 1.82) is 0 Å². The second-order valence-electron chi connectivity index (χ2n) is 5.27. The van der Waals surface area contributed by atoms with E-state index in [9.17, 15) is 4.79 Å². The van der Waals surface area contributed by atoms with Gasteiger partial charge >= 0.3 is 0 Å². The van der Waals surface area contributed by atoms with Gasteiger partial charge in [0, 0.05) is 17.6 Å². The van der Waals surface area contributed by atoms with E-state index in [1.54, 1.807) is 18.2 Å². The molecule has 116 valence electrons. The average molecular weight is 312 g/mol. The highest BCUT2D eigenvalue weighted by molar-refractivity contribution is 6.31. The molecule has 1 aromatic rings. The molecule has 1 aromatic carbocycles. The number of hydrogen-bond donors (Lipinski definition) is 2. The van der Waals surface area contributed by atoms with Gasteiger partial charge in [0.2, 0.25) is 5.91 Å². The Morgan fingerprint density at radius 3 is 3.10 bits per heavy atom. The van der Waals surface area contributed by atoms with Crippen LogP contribution in [0.1, 0.15) is 20.3 Å². The Morgan fingerprint density at radius 2 is 2.38 bits per heavy atom. The minimum Gasteiger partial charge on any atom is -0.397 e. The predicted molar refractivity (Wildman–Crippen MR) is 85.6 cm³/mol. The lowest BCUT2D eigenvalue weighted by molar-refractivity contribution is -0.124. The van der Waals surface area contributed by atoms with Gasteiger partial charge in [-0.05, 0) is 31.5 Å². The molecule has 2 rings (SSSR count). The molecule has 1 fully saturated rings. The topological polar surface area (TPSA) is 67.6 Å². The lowest BCUT2D eigenvalue weighted by Crippen LogP contribution is -2.53. The number of morpholine rings is 1. The molecule has 1 heterocycles. The molecule has 0 bridgehead atoms. The van der Waals surface area contributed by atoms with Crippen molar-refractivity contribution in [1.82, 2.24) is 4.90 Å². The van der Waals surface area contributed by atoms with E-state index in [1.807, 2.05) is 6.92 Å². The second-order valence-corrected chi connectivity index (χ2v) is 5.71. The predicted octanol–water partition coefficient (Wildman–Crippen LogP) is 2.36. The minimum absolute atomic E-state index is 0.0793. The summed E-state index contributed by atoms with van der Waals surface area (Å²) in [7, 11) is 0. The van der Waals surface area contributed by atoms with Crippen LogP contribution >= 0.6 is 11.6 Å². The van der Waals surface area contributed by atoms with Crippen LogP contribution in [0.3, 0.4) is 0 Å². The van der Waals surface area contributed by atoms with E-state index in [-0.39, 0.29) is 18.0 Å². The Balaban J connectivity index is 2.06. The van der Waals surface area contributed by atoms with Crippen molar-refractivity contribution in [3.63, 3.8) is 0 Å². The standard InChI is InChI=1S/C15H22ClN3O2/c1-3-12-9-21-7-6-19(12)10(2)15(20)18-14-8-11(16)4-5-13(14)17/h4-5,8,10,12H,3,6-7,9,17H2,1-2H3,(H,18,20). The Hall–Kier alpha value is -1.30. The Kier molecular flexibility index (Phi) is 5.45. The van der Waals surface area contributed by atoms with E-state index in [1.165, 1.54) is 0 Å². The molecule has 0 spiro atoms. The smallest absolute Gasteiger partial charge is 0.241 e. The van der Waals surface area contributed by atoms with Gasteiger partial charge in [0.1, 0.15) is 0 Å². The van der Waals surface area contributed by atoms with E-state index in [4.69, 9.17) is 22.1 Å². The van der Waals surface area contributed by atoms with Crippen LogP contribution in [0.15, 0.2) is 18.2 Å². The molecule has 21 heavy (non-hydrogen) atoms. The van der Waals surface area contributed by atoms with Gasteiger partial charge < -0.3 is 15.8 Å². The fourth-order valence-electron chi connectivity index (χ4n) is 2.55. The minimum atomic E-state index is -0.239. The molecule has 0 saturated carbocycles. The third kappa shape index (κ3) is 3.87. The molecule has 0 aromatic heterocycles. The highest BCUT2D eigenvalue weighted by Crippen LogP contribution is 2.24. The number of carbonyl (C=O) groups excluding carboxylic acids is 1. The molecule has 5 nitrogen and oxygen atoms in total. The highest BCUT2D eigenvalue weighted by Gasteiger charge is 2.29. The van der Waals surface area contributed by atoms with Crippen molar-refractivity contribution in [2.75, 3.05) is 30.8 Å². The van der Waals surface area contributed by atoms with Crippen LogP contribution in [0.25, 0.3) is 0 Å². The molecule has 0 radical (unpaired) electrons. The number of ether oxygens (including phenoxy) is 1. The Bertz CT molecular complexity index is 510. The first-order chi connectivity index (χ1) is 10.0. The monoisotopic (exact) mass is 311 g/mol. The van der Waals surface area contributed by atoms with Crippen LogP contribution in [0.4, 0.5) is 11.4 Å². The number of nitrogens with one attached hydrogen (secondary N) is 1. The number of halogens is 1. The van der Waals surface area contributed by atoms with E-state index in [0.717, 1.165) is 13.0 Å². The molecule has 1 saturated heterocycles. The van der Waals surface area contributed by atoms with Crippen LogP contribution in [0, 0.1) is 0 Å². The number of rotatable bonds is 4. The zero-order chi connectivity index (χ0) is 15.4. The van der Waals surface area contributed by atoms with E-state index in [2.05, 4.69) is 17.1 Å². The summed E-state index contributed by atoms with van der Waals surface area (Å²) in [5.41, 5.74) is 6.93. The second kappa shape index (κ2) is 7.11. The first-order valence-electron chi connectivity index (χ1n) is 7.22. The summed E-state index contributed by atoms with van der Waals surface area (Å²) in [6.07, 6.45) is 0.955. The van der Waals surface area contributed by atoms with Crippen LogP contribution in [-0.2, 0) is 9.53 Å². The molecular formula is C15H22ClN3O2. The first-order valence-corrected chi connectivity index (χ1v) is 7.60. The molecule has 6 heteroatoms. The number of nitrogens with two attached hydrogens (primary N) is 1. The molecule has 1 aliphatic rings. The average Bonchev–Trinajstić information content (AvgIpc) is 2.50. The van der Waals surface area contributed by atoms with Crippen molar-refractivity contribution >= 4 is 28.9 Å². The molecule has 2 unspecified atom stereocenters. The summed E-state index contributed by atoms with van der Waals surface area (Å²) >= 11 is 5.94. The molecule has 1 amide bonds. The van der Waals surface area contributed by atoms with Crippen LogP contribution in [0.2, 0.25) is 5.02 Å². The van der Waals surface area contributed by atoms with Crippen molar-refractivity contribution in [2.45, 2.75) is 32.4 Å². The maximum atomic E-state index is 12.4. The van der Waals surface area contributed by atoms with E-state index in [0.29, 0.717) is 29.6 Å². The number of amides is 1. The molecule has 0 aliphatic carbocycles. The molecule has 1 aliphatic heterocycles. The van der Waals surface area contributed by atoms with Gasteiger partial charge in [-0.25, -0.2) is 0 Å². The Morgan fingerprint density at radius 1 is 1.62 bits per heavy atom. The fourth-order valence-corrected chi connectivity index (χ4v) is 2.73. The van der Waals surface area contributed by atoms with E-state index < -0.39 is 0 Å². The summed E-state index contributed by atoms with van der Waals surface area (Å²) in [5.74, 6) is -0.0793. The van der Waals surface area contributed by atoms with Crippen molar-refractivity contribution in [3.8, 4) is 0 Å².